The second kappa shape index (κ2) is 5.68. The Kier molecular flexibility index (Phi) is 4.37. The quantitative estimate of drug-likeness (QED) is 0.889. The highest BCUT2D eigenvalue weighted by molar-refractivity contribution is 8.01. The van der Waals surface area contributed by atoms with Gasteiger partial charge in [-0.3, -0.25) is 0 Å². The van der Waals surface area contributed by atoms with Gasteiger partial charge >= 0.3 is 0 Å². The lowest BCUT2D eigenvalue weighted by molar-refractivity contribution is 0.583. The van der Waals surface area contributed by atoms with Crippen LogP contribution in [0.3, 0.4) is 0 Å². The molecular formula is C12H19N3O2S2. The lowest BCUT2D eigenvalue weighted by Crippen LogP contribution is -2.47. The molecule has 0 radical (unpaired) electrons. The van der Waals surface area contributed by atoms with Gasteiger partial charge in [-0.25, -0.2) is 13.4 Å². The van der Waals surface area contributed by atoms with E-state index in [0.717, 1.165) is 22.8 Å². The van der Waals surface area contributed by atoms with Gasteiger partial charge in [0.2, 0.25) is 0 Å². The molecule has 1 aliphatic heterocycles. The van der Waals surface area contributed by atoms with E-state index in [-0.39, 0.29) is 0 Å². The van der Waals surface area contributed by atoms with Crippen molar-refractivity contribution in [1.29, 1.82) is 0 Å². The number of sulfone groups is 1. The summed E-state index contributed by atoms with van der Waals surface area (Å²) in [4.78, 5) is 6.35. The highest BCUT2D eigenvalue weighted by atomic mass is 32.2. The van der Waals surface area contributed by atoms with E-state index in [1.165, 1.54) is 6.26 Å². The summed E-state index contributed by atoms with van der Waals surface area (Å²) in [5, 5.41) is -0.494. The zero-order valence-corrected chi connectivity index (χ0v) is 12.8. The van der Waals surface area contributed by atoms with Crippen LogP contribution in [0.5, 0.6) is 0 Å². The number of aromatic nitrogens is 1. The molecule has 2 N–H and O–H groups in total. The van der Waals surface area contributed by atoms with E-state index < -0.39 is 15.2 Å². The lowest BCUT2D eigenvalue weighted by atomic mass is 10.2. The van der Waals surface area contributed by atoms with Crippen molar-refractivity contribution in [2.75, 3.05) is 29.2 Å². The van der Waals surface area contributed by atoms with E-state index in [1.54, 1.807) is 11.8 Å². The van der Waals surface area contributed by atoms with Crippen LogP contribution in [0, 0.1) is 6.92 Å². The van der Waals surface area contributed by atoms with Gasteiger partial charge < -0.3 is 10.6 Å². The third kappa shape index (κ3) is 3.40. The summed E-state index contributed by atoms with van der Waals surface area (Å²) in [6, 6.07) is 3.82. The van der Waals surface area contributed by atoms with Crippen molar-refractivity contribution in [3.05, 3.63) is 23.4 Å². The molecule has 0 aliphatic carbocycles. The van der Waals surface area contributed by atoms with E-state index >= 15 is 0 Å². The summed E-state index contributed by atoms with van der Waals surface area (Å²) in [6.07, 6.45) is 1.29. The number of rotatable bonds is 3. The fourth-order valence-electron chi connectivity index (χ4n) is 2.18. The molecule has 19 heavy (non-hydrogen) atoms. The molecule has 1 aromatic rings. The lowest BCUT2D eigenvalue weighted by Gasteiger charge is -2.35. The van der Waals surface area contributed by atoms with Crippen molar-refractivity contribution in [3.63, 3.8) is 0 Å². The normalized spacial score (nSPS) is 20.6. The molecule has 1 aromatic heterocycles. The number of hydrogen-bond acceptors (Lipinski definition) is 6. The third-order valence-electron chi connectivity index (χ3n) is 3.11. The first kappa shape index (κ1) is 14.6. The predicted molar refractivity (Wildman–Crippen MR) is 80.2 cm³/mol. The van der Waals surface area contributed by atoms with Crippen molar-refractivity contribution in [2.45, 2.75) is 18.8 Å². The van der Waals surface area contributed by atoms with Crippen molar-refractivity contribution in [1.82, 2.24) is 4.98 Å². The van der Waals surface area contributed by atoms with Gasteiger partial charge in [-0.05, 0) is 24.6 Å². The van der Waals surface area contributed by atoms with Gasteiger partial charge in [-0.15, -0.1) is 0 Å². The fourth-order valence-corrected chi connectivity index (χ4v) is 5.01. The summed E-state index contributed by atoms with van der Waals surface area (Å²) in [7, 11) is -3.12. The minimum absolute atomic E-state index is 0.433. The van der Waals surface area contributed by atoms with Crippen molar-refractivity contribution >= 4 is 27.4 Å². The molecule has 7 heteroatoms. The average molecular weight is 301 g/mol. The zero-order chi connectivity index (χ0) is 14.0. The maximum Gasteiger partial charge on any atom is 0.169 e. The van der Waals surface area contributed by atoms with Crippen LogP contribution < -0.4 is 10.6 Å². The smallest absolute Gasteiger partial charge is 0.169 e. The molecule has 106 valence electrons. The molecule has 1 unspecified atom stereocenters. The zero-order valence-electron chi connectivity index (χ0n) is 11.2. The van der Waals surface area contributed by atoms with Gasteiger partial charge in [0.1, 0.15) is 11.2 Å². The molecule has 1 atom stereocenters. The second-order valence-electron chi connectivity index (χ2n) is 4.73. The number of anilines is 1. The van der Waals surface area contributed by atoms with Gasteiger partial charge in [0.25, 0.3) is 0 Å². The van der Waals surface area contributed by atoms with Gasteiger partial charge in [-0.2, -0.15) is 11.8 Å². The molecule has 0 bridgehead atoms. The molecular weight excluding hydrogens is 282 g/mol. The van der Waals surface area contributed by atoms with Gasteiger partial charge in [0.05, 0.1) is 0 Å². The molecule has 0 aromatic carbocycles. The number of pyridine rings is 1. The Balaban J connectivity index is 2.40. The Morgan fingerprint density at radius 3 is 2.89 bits per heavy atom. The average Bonchev–Trinajstić information content (AvgIpc) is 2.37. The highest BCUT2D eigenvalue weighted by Crippen LogP contribution is 2.26. The summed E-state index contributed by atoms with van der Waals surface area (Å²) >= 11 is 1.67. The molecule has 1 aliphatic rings. The minimum atomic E-state index is -3.12. The van der Waals surface area contributed by atoms with Crippen molar-refractivity contribution in [2.24, 2.45) is 5.73 Å². The van der Waals surface area contributed by atoms with Crippen molar-refractivity contribution < 1.29 is 8.42 Å². The molecule has 0 spiro atoms. The van der Waals surface area contributed by atoms with Crippen molar-refractivity contribution in [3.8, 4) is 0 Å². The minimum Gasteiger partial charge on any atom is -0.338 e. The van der Waals surface area contributed by atoms with Crippen LogP contribution in [-0.4, -0.2) is 43.1 Å². The van der Waals surface area contributed by atoms with Crippen LogP contribution >= 0.6 is 11.8 Å². The standard InChI is InChI=1S/C12H19N3O2S2/c1-9-5-10(7-13)6-11(14-9)15-3-4-18-8-12(15)19(2,16)17/h5-6,12H,3-4,7-8,13H2,1-2H3. The van der Waals surface area contributed by atoms with Crippen LogP contribution in [0.25, 0.3) is 0 Å². The predicted octanol–water partition coefficient (Wildman–Crippen LogP) is 0.773. The summed E-state index contributed by atoms with van der Waals surface area (Å²) in [5.41, 5.74) is 7.51. The molecule has 1 fully saturated rings. The second-order valence-corrected chi connectivity index (χ2v) is 8.08. The van der Waals surface area contributed by atoms with Gasteiger partial charge in [0, 0.05) is 36.5 Å². The maximum absolute atomic E-state index is 11.9. The van der Waals surface area contributed by atoms with Crippen LogP contribution in [0.2, 0.25) is 0 Å². The number of nitrogens with zero attached hydrogens (tertiary/aromatic N) is 2. The van der Waals surface area contributed by atoms with E-state index in [0.29, 0.717) is 18.8 Å². The van der Waals surface area contributed by atoms with E-state index in [9.17, 15) is 8.42 Å². The number of nitrogens with two attached hydrogens (primary N) is 1. The molecule has 1 saturated heterocycles. The van der Waals surface area contributed by atoms with Crippen LogP contribution in [0.4, 0.5) is 5.82 Å². The van der Waals surface area contributed by atoms with Crippen LogP contribution in [-0.2, 0) is 16.4 Å². The summed E-state index contributed by atoms with van der Waals surface area (Å²) in [5.74, 6) is 2.22. The Hall–Kier alpha value is -0.790. The molecule has 2 heterocycles. The SMILES string of the molecule is Cc1cc(CN)cc(N2CCSCC2S(C)(=O)=O)n1. The van der Waals surface area contributed by atoms with Crippen LogP contribution in [0.1, 0.15) is 11.3 Å². The van der Waals surface area contributed by atoms with E-state index in [1.807, 2.05) is 24.0 Å². The molecule has 5 nitrogen and oxygen atoms in total. The van der Waals surface area contributed by atoms with Gasteiger partial charge in [-0.1, -0.05) is 0 Å². The molecule has 0 amide bonds. The monoisotopic (exact) mass is 301 g/mol. The largest absolute Gasteiger partial charge is 0.338 e. The van der Waals surface area contributed by atoms with Crippen LogP contribution in [0.15, 0.2) is 12.1 Å². The van der Waals surface area contributed by atoms with E-state index in [2.05, 4.69) is 4.98 Å². The topological polar surface area (TPSA) is 76.3 Å². The summed E-state index contributed by atoms with van der Waals surface area (Å²) in [6.45, 7) is 3.03. The van der Waals surface area contributed by atoms with E-state index in [4.69, 9.17) is 5.73 Å². The highest BCUT2D eigenvalue weighted by Gasteiger charge is 2.31. The number of hydrogen-bond donors (Lipinski definition) is 1. The Labute approximate surface area is 118 Å². The first-order valence-electron chi connectivity index (χ1n) is 6.12. The summed E-state index contributed by atoms with van der Waals surface area (Å²) < 4.78 is 23.8. The molecule has 0 saturated carbocycles. The fraction of sp³-hybridized carbons (Fsp3) is 0.583. The first-order valence-corrected chi connectivity index (χ1v) is 9.23. The van der Waals surface area contributed by atoms with Gasteiger partial charge in [0.15, 0.2) is 9.84 Å². The Bertz CT molecular complexity index is 560. The Morgan fingerprint density at radius 1 is 1.53 bits per heavy atom. The first-order chi connectivity index (χ1) is 8.91. The third-order valence-corrected chi connectivity index (χ3v) is 5.75. The maximum atomic E-state index is 11.9. The molecule has 2 rings (SSSR count). The number of thioether (sulfide) groups is 1. The Morgan fingerprint density at radius 2 is 2.26 bits per heavy atom. The number of aryl methyl sites for hydroxylation is 1.